The van der Waals surface area contributed by atoms with Crippen LogP contribution < -0.4 is 10.2 Å². The van der Waals surface area contributed by atoms with Gasteiger partial charge in [-0.2, -0.15) is 5.10 Å². The first-order chi connectivity index (χ1) is 13.5. The summed E-state index contributed by atoms with van der Waals surface area (Å²) in [5.74, 6) is 0.357. The Morgan fingerprint density at radius 1 is 1.21 bits per heavy atom. The van der Waals surface area contributed by atoms with E-state index in [2.05, 4.69) is 15.4 Å². The quantitative estimate of drug-likeness (QED) is 0.740. The molecule has 1 N–H and O–H groups in total. The zero-order valence-corrected chi connectivity index (χ0v) is 15.9. The number of fused-ring (bicyclic) bond motifs is 1. The Hall–Kier alpha value is -3.22. The van der Waals surface area contributed by atoms with E-state index in [1.807, 2.05) is 31.1 Å². The number of hydrogen-bond donors (Lipinski definition) is 1. The fraction of sp³-hybridized carbons (Fsp3) is 0.286. The molecule has 4 rings (SSSR count). The van der Waals surface area contributed by atoms with Crippen LogP contribution in [-0.4, -0.2) is 34.8 Å². The van der Waals surface area contributed by atoms with Crippen molar-refractivity contribution in [2.24, 2.45) is 0 Å². The summed E-state index contributed by atoms with van der Waals surface area (Å²) in [6.07, 6.45) is 4.42. The SMILES string of the molecule is CN(C)c1cc(CNC(=O)c2nn(-c3ccc(F)cc3)c3c2CCC3)ccn1. The highest BCUT2D eigenvalue weighted by molar-refractivity contribution is 5.94. The Balaban J connectivity index is 1.56. The van der Waals surface area contributed by atoms with Gasteiger partial charge in [-0.25, -0.2) is 14.1 Å². The average molecular weight is 379 g/mol. The maximum atomic E-state index is 13.2. The third-order valence-corrected chi connectivity index (χ3v) is 4.94. The van der Waals surface area contributed by atoms with Gasteiger partial charge in [-0.3, -0.25) is 4.79 Å². The first-order valence-corrected chi connectivity index (χ1v) is 9.30. The Bertz CT molecular complexity index is 1010. The Morgan fingerprint density at radius 2 is 2.00 bits per heavy atom. The van der Waals surface area contributed by atoms with Crippen LogP contribution in [0.3, 0.4) is 0 Å². The van der Waals surface area contributed by atoms with E-state index in [9.17, 15) is 9.18 Å². The molecule has 0 spiro atoms. The fourth-order valence-electron chi connectivity index (χ4n) is 3.50. The molecule has 6 nitrogen and oxygen atoms in total. The number of aromatic nitrogens is 3. The van der Waals surface area contributed by atoms with Crippen molar-refractivity contribution in [3.63, 3.8) is 0 Å². The van der Waals surface area contributed by atoms with Gasteiger partial charge < -0.3 is 10.2 Å². The van der Waals surface area contributed by atoms with Crippen LogP contribution in [0.25, 0.3) is 5.69 Å². The predicted molar refractivity (Wildman–Crippen MR) is 105 cm³/mol. The Labute approximate surface area is 163 Å². The maximum Gasteiger partial charge on any atom is 0.272 e. The van der Waals surface area contributed by atoms with Crippen molar-refractivity contribution in [3.05, 3.63) is 70.9 Å². The lowest BCUT2D eigenvalue weighted by molar-refractivity contribution is 0.0944. The summed E-state index contributed by atoms with van der Waals surface area (Å²) < 4.78 is 15.0. The van der Waals surface area contributed by atoms with Crippen LogP contribution in [0.2, 0.25) is 0 Å². The number of nitrogens with one attached hydrogen (secondary N) is 1. The van der Waals surface area contributed by atoms with Crippen molar-refractivity contribution in [2.45, 2.75) is 25.8 Å². The van der Waals surface area contributed by atoms with Gasteiger partial charge in [0.1, 0.15) is 11.6 Å². The zero-order chi connectivity index (χ0) is 19.7. The van der Waals surface area contributed by atoms with Crippen molar-refractivity contribution in [2.75, 3.05) is 19.0 Å². The van der Waals surface area contributed by atoms with E-state index >= 15 is 0 Å². The molecule has 2 heterocycles. The fourth-order valence-corrected chi connectivity index (χ4v) is 3.50. The molecule has 0 saturated heterocycles. The predicted octanol–water partition coefficient (Wildman–Crippen LogP) is 2.89. The summed E-state index contributed by atoms with van der Waals surface area (Å²) in [5.41, 5.74) is 4.23. The number of carbonyl (C=O) groups is 1. The molecular weight excluding hydrogens is 357 g/mol. The molecule has 0 bridgehead atoms. The number of carbonyl (C=O) groups excluding carboxylic acids is 1. The largest absolute Gasteiger partial charge is 0.363 e. The number of nitrogens with zero attached hydrogens (tertiary/aromatic N) is 4. The van der Waals surface area contributed by atoms with Gasteiger partial charge in [-0.05, 0) is 61.2 Å². The van der Waals surface area contributed by atoms with Crippen molar-refractivity contribution in [1.29, 1.82) is 0 Å². The van der Waals surface area contributed by atoms with Gasteiger partial charge in [0.2, 0.25) is 0 Å². The van der Waals surface area contributed by atoms with Gasteiger partial charge in [0.05, 0.1) is 5.69 Å². The minimum atomic E-state index is -0.292. The van der Waals surface area contributed by atoms with Crippen molar-refractivity contribution < 1.29 is 9.18 Å². The number of halogens is 1. The summed E-state index contributed by atoms with van der Waals surface area (Å²) in [7, 11) is 3.85. The van der Waals surface area contributed by atoms with Gasteiger partial charge >= 0.3 is 0 Å². The number of amides is 1. The summed E-state index contributed by atoms with van der Waals surface area (Å²) in [6, 6.07) is 10.0. The van der Waals surface area contributed by atoms with Gasteiger partial charge in [0, 0.05) is 38.1 Å². The van der Waals surface area contributed by atoms with Crippen LogP contribution in [0.5, 0.6) is 0 Å². The molecule has 1 aromatic carbocycles. The summed E-state index contributed by atoms with van der Waals surface area (Å²) in [5, 5.41) is 7.52. The molecule has 1 amide bonds. The second-order valence-electron chi connectivity index (χ2n) is 7.12. The molecular formula is C21H22FN5O. The third kappa shape index (κ3) is 3.47. The number of hydrogen-bond acceptors (Lipinski definition) is 4. The highest BCUT2D eigenvalue weighted by atomic mass is 19.1. The molecule has 28 heavy (non-hydrogen) atoms. The normalized spacial score (nSPS) is 12.7. The molecule has 0 atom stereocenters. The van der Waals surface area contributed by atoms with Crippen molar-refractivity contribution >= 4 is 11.7 Å². The molecule has 0 aliphatic heterocycles. The average Bonchev–Trinajstić information content (AvgIpc) is 3.30. The van der Waals surface area contributed by atoms with Crippen molar-refractivity contribution in [3.8, 4) is 5.69 Å². The summed E-state index contributed by atoms with van der Waals surface area (Å²) >= 11 is 0. The van der Waals surface area contributed by atoms with E-state index in [1.54, 1.807) is 23.0 Å². The molecule has 0 fully saturated rings. The number of anilines is 1. The van der Waals surface area contributed by atoms with Gasteiger partial charge in [0.15, 0.2) is 5.69 Å². The first-order valence-electron chi connectivity index (χ1n) is 9.30. The molecule has 144 valence electrons. The number of rotatable bonds is 5. The Kier molecular flexibility index (Phi) is 4.81. The molecule has 7 heteroatoms. The van der Waals surface area contributed by atoms with Crippen LogP contribution in [-0.2, 0) is 19.4 Å². The van der Waals surface area contributed by atoms with E-state index in [0.29, 0.717) is 12.2 Å². The minimum Gasteiger partial charge on any atom is -0.363 e. The molecule has 0 unspecified atom stereocenters. The first kappa shape index (κ1) is 18.2. The van der Waals surface area contributed by atoms with E-state index in [4.69, 9.17) is 0 Å². The van der Waals surface area contributed by atoms with Crippen LogP contribution in [0.4, 0.5) is 10.2 Å². The van der Waals surface area contributed by atoms with Crippen LogP contribution >= 0.6 is 0 Å². The summed E-state index contributed by atoms with van der Waals surface area (Å²) in [4.78, 5) is 19.0. The Morgan fingerprint density at radius 3 is 2.75 bits per heavy atom. The van der Waals surface area contributed by atoms with E-state index in [-0.39, 0.29) is 11.7 Å². The van der Waals surface area contributed by atoms with Gasteiger partial charge in [-0.1, -0.05) is 0 Å². The lowest BCUT2D eigenvalue weighted by atomic mass is 10.2. The monoisotopic (exact) mass is 379 g/mol. The van der Waals surface area contributed by atoms with E-state index in [0.717, 1.165) is 47.6 Å². The maximum absolute atomic E-state index is 13.2. The van der Waals surface area contributed by atoms with Crippen molar-refractivity contribution in [1.82, 2.24) is 20.1 Å². The van der Waals surface area contributed by atoms with E-state index < -0.39 is 0 Å². The van der Waals surface area contributed by atoms with Crippen LogP contribution in [0.15, 0.2) is 42.6 Å². The smallest absolute Gasteiger partial charge is 0.272 e. The molecule has 1 aliphatic rings. The minimum absolute atomic E-state index is 0.192. The molecule has 1 aliphatic carbocycles. The number of benzene rings is 1. The number of pyridine rings is 1. The molecule has 0 saturated carbocycles. The highest BCUT2D eigenvalue weighted by Gasteiger charge is 2.26. The highest BCUT2D eigenvalue weighted by Crippen LogP contribution is 2.28. The van der Waals surface area contributed by atoms with Crippen LogP contribution in [0.1, 0.15) is 33.7 Å². The second-order valence-corrected chi connectivity index (χ2v) is 7.12. The standard InChI is InChI=1S/C21H22FN5O/c1-26(2)19-12-14(10-11-23-19)13-24-21(28)20-17-4-3-5-18(17)27(25-20)16-8-6-15(22)7-9-16/h6-12H,3-5,13H2,1-2H3,(H,24,28). The molecule has 2 aromatic heterocycles. The van der Waals surface area contributed by atoms with Gasteiger partial charge in [0.25, 0.3) is 5.91 Å². The lowest BCUT2D eigenvalue weighted by Crippen LogP contribution is -2.24. The summed E-state index contributed by atoms with van der Waals surface area (Å²) in [6.45, 7) is 0.403. The second kappa shape index (κ2) is 7.42. The molecule has 3 aromatic rings. The zero-order valence-electron chi connectivity index (χ0n) is 15.9. The van der Waals surface area contributed by atoms with Crippen LogP contribution in [0, 0.1) is 5.82 Å². The topological polar surface area (TPSA) is 63.1 Å². The lowest BCUT2D eigenvalue weighted by Gasteiger charge is -2.12. The molecule has 0 radical (unpaired) electrons. The van der Waals surface area contributed by atoms with Gasteiger partial charge in [-0.15, -0.1) is 0 Å². The third-order valence-electron chi connectivity index (χ3n) is 4.94. The van der Waals surface area contributed by atoms with E-state index in [1.165, 1.54) is 12.1 Å².